The molecule has 0 aliphatic rings. The first-order valence-electron chi connectivity index (χ1n) is 5.60. The van der Waals surface area contributed by atoms with E-state index in [4.69, 9.17) is 5.73 Å². The van der Waals surface area contributed by atoms with Crippen LogP contribution < -0.4 is 5.73 Å². The van der Waals surface area contributed by atoms with Crippen LogP contribution in [0.15, 0.2) is 30.5 Å². The molecule has 0 atom stereocenters. The molecule has 0 aliphatic carbocycles. The van der Waals surface area contributed by atoms with Crippen LogP contribution in [0.5, 0.6) is 0 Å². The lowest BCUT2D eigenvalue weighted by Crippen LogP contribution is -2.07. The quantitative estimate of drug-likeness (QED) is 0.717. The number of halogens is 3. The number of aromatic nitrogens is 4. The summed E-state index contributed by atoms with van der Waals surface area (Å²) in [6.45, 7) is 0. The molecule has 2 heterocycles. The maximum atomic E-state index is 13.0. The summed E-state index contributed by atoms with van der Waals surface area (Å²) >= 11 is 0. The molecule has 0 spiro atoms. The highest BCUT2D eigenvalue weighted by Crippen LogP contribution is 2.36. The SMILES string of the molecule is Nc1[nH]nc2nc(-c3ccccc3C(F)(F)F)cnc12. The Morgan fingerprint density at radius 3 is 2.65 bits per heavy atom. The number of anilines is 1. The van der Waals surface area contributed by atoms with Crippen molar-refractivity contribution in [3.63, 3.8) is 0 Å². The molecule has 0 radical (unpaired) electrons. The minimum absolute atomic E-state index is 0.0454. The Morgan fingerprint density at radius 1 is 1.15 bits per heavy atom. The van der Waals surface area contributed by atoms with Gasteiger partial charge >= 0.3 is 6.18 Å². The molecule has 20 heavy (non-hydrogen) atoms. The molecule has 8 heteroatoms. The first-order chi connectivity index (χ1) is 9.47. The minimum atomic E-state index is -4.46. The molecule has 2 aromatic heterocycles. The highest BCUT2D eigenvalue weighted by atomic mass is 19.4. The molecule has 0 unspecified atom stereocenters. The van der Waals surface area contributed by atoms with E-state index in [-0.39, 0.29) is 22.7 Å². The van der Waals surface area contributed by atoms with E-state index < -0.39 is 11.7 Å². The molecule has 0 bridgehead atoms. The molecule has 1 aromatic carbocycles. The second kappa shape index (κ2) is 4.19. The number of H-pyrrole nitrogens is 1. The Hall–Kier alpha value is -2.64. The largest absolute Gasteiger partial charge is 0.417 e. The highest BCUT2D eigenvalue weighted by molar-refractivity contribution is 5.83. The molecule has 102 valence electrons. The van der Waals surface area contributed by atoms with Gasteiger partial charge in [0.15, 0.2) is 5.52 Å². The number of nitrogens with zero attached hydrogens (tertiary/aromatic N) is 3. The van der Waals surface area contributed by atoms with Crippen LogP contribution in [0.3, 0.4) is 0 Å². The van der Waals surface area contributed by atoms with E-state index in [0.29, 0.717) is 5.52 Å². The van der Waals surface area contributed by atoms with Gasteiger partial charge in [0.2, 0.25) is 5.65 Å². The van der Waals surface area contributed by atoms with Crippen molar-refractivity contribution in [2.24, 2.45) is 0 Å². The summed E-state index contributed by atoms with van der Waals surface area (Å²) in [5.74, 6) is 0.225. The van der Waals surface area contributed by atoms with Gasteiger partial charge in [0.05, 0.1) is 17.5 Å². The summed E-state index contributed by atoms with van der Waals surface area (Å²) in [5.41, 5.74) is 5.36. The highest BCUT2D eigenvalue weighted by Gasteiger charge is 2.33. The van der Waals surface area contributed by atoms with Crippen LogP contribution in [-0.2, 0) is 6.18 Å². The van der Waals surface area contributed by atoms with Crippen molar-refractivity contribution in [1.29, 1.82) is 0 Å². The first-order valence-corrected chi connectivity index (χ1v) is 5.60. The van der Waals surface area contributed by atoms with Gasteiger partial charge in [-0.05, 0) is 6.07 Å². The van der Waals surface area contributed by atoms with Gasteiger partial charge in [0.1, 0.15) is 5.82 Å². The van der Waals surface area contributed by atoms with Crippen molar-refractivity contribution in [1.82, 2.24) is 20.2 Å². The van der Waals surface area contributed by atoms with Crippen LogP contribution in [0, 0.1) is 0 Å². The first kappa shape index (κ1) is 12.4. The second-order valence-corrected chi connectivity index (χ2v) is 4.11. The fourth-order valence-corrected chi connectivity index (χ4v) is 1.90. The number of nitrogens with two attached hydrogens (primary N) is 1. The zero-order chi connectivity index (χ0) is 14.3. The Labute approximate surface area is 110 Å². The average molecular weight is 279 g/mol. The molecule has 0 saturated carbocycles. The fraction of sp³-hybridized carbons (Fsp3) is 0.0833. The summed E-state index contributed by atoms with van der Waals surface area (Å²) in [5, 5.41) is 6.27. The second-order valence-electron chi connectivity index (χ2n) is 4.11. The lowest BCUT2D eigenvalue weighted by Gasteiger charge is -2.11. The third kappa shape index (κ3) is 1.94. The minimum Gasteiger partial charge on any atom is -0.382 e. The van der Waals surface area contributed by atoms with Gasteiger partial charge in [-0.2, -0.15) is 18.3 Å². The number of rotatable bonds is 1. The Morgan fingerprint density at radius 2 is 1.90 bits per heavy atom. The van der Waals surface area contributed by atoms with E-state index in [1.54, 1.807) is 0 Å². The summed E-state index contributed by atoms with van der Waals surface area (Å²) in [6.07, 6.45) is -3.21. The van der Waals surface area contributed by atoms with Crippen LogP contribution in [0.2, 0.25) is 0 Å². The van der Waals surface area contributed by atoms with Crippen LogP contribution >= 0.6 is 0 Å². The van der Waals surface area contributed by atoms with Crippen molar-refractivity contribution in [3.05, 3.63) is 36.0 Å². The van der Waals surface area contributed by atoms with Crippen molar-refractivity contribution >= 4 is 17.0 Å². The molecule has 0 fully saturated rings. The molecule has 0 saturated heterocycles. The van der Waals surface area contributed by atoms with E-state index in [0.717, 1.165) is 6.07 Å². The molecular weight excluding hydrogens is 271 g/mol. The number of alkyl halides is 3. The smallest absolute Gasteiger partial charge is 0.382 e. The van der Waals surface area contributed by atoms with E-state index in [1.807, 2.05) is 0 Å². The number of hydrogen-bond donors (Lipinski definition) is 2. The average Bonchev–Trinajstić information content (AvgIpc) is 2.79. The van der Waals surface area contributed by atoms with Gasteiger partial charge < -0.3 is 5.73 Å². The van der Waals surface area contributed by atoms with Crippen molar-refractivity contribution in [3.8, 4) is 11.3 Å². The van der Waals surface area contributed by atoms with Gasteiger partial charge in [0.25, 0.3) is 0 Å². The predicted octanol–water partition coefficient (Wildman–Crippen LogP) is 2.62. The number of nitrogens with one attached hydrogen (secondary N) is 1. The predicted molar refractivity (Wildman–Crippen MR) is 66.5 cm³/mol. The Balaban J connectivity index is 2.21. The number of fused-ring (bicyclic) bond motifs is 1. The zero-order valence-electron chi connectivity index (χ0n) is 9.94. The van der Waals surface area contributed by atoms with E-state index in [1.165, 1.54) is 24.4 Å². The topological polar surface area (TPSA) is 80.5 Å². The number of aromatic amines is 1. The third-order valence-corrected chi connectivity index (χ3v) is 2.80. The van der Waals surface area contributed by atoms with Crippen LogP contribution in [0.4, 0.5) is 19.0 Å². The fourth-order valence-electron chi connectivity index (χ4n) is 1.90. The number of hydrogen-bond acceptors (Lipinski definition) is 4. The van der Waals surface area contributed by atoms with Crippen LogP contribution in [-0.4, -0.2) is 20.2 Å². The van der Waals surface area contributed by atoms with Gasteiger partial charge in [-0.3, -0.25) is 5.10 Å². The Bertz CT molecular complexity index is 778. The van der Waals surface area contributed by atoms with Crippen molar-refractivity contribution in [2.75, 3.05) is 5.73 Å². The van der Waals surface area contributed by atoms with E-state index in [2.05, 4.69) is 20.2 Å². The summed E-state index contributed by atoms with van der Waals surface area (Å²) in [7, 11) is 0. The summed E-state index contributed by atoms with van der Waals surface area (Å²) in [4.78, 5) is 8.05. The van der Waals surface area contributed by atoms with Crippen molar-refractivity contribution < 1.29 is 13.2 Å². The molecular formula is C12H8F3N5. The lowest BCUT2D eigenvalue weighted by molar-refractivity contribution is -0.137. The molecule has 0 aliphatic heterocycles. The maximum absolute atomic E-state index is 13.0. The number of benzene rings is 1. The standard InChI is InChI=1S/C12H8F3N5/c13-12(14,15)7-4-2-1-3-6(7)8-5-17-9-10(16)19-20-11(9)18-8/h1-5H,(H3,16,18,19,20). The summed E-state index contributed by atoms with van der Waals surface area (Å²) < 4.78 is 38.9. The third-order valence-electron chi connectivity index (χ3n) is 2.80. The van der Waals surface area contributed by atoms with E-state index in [9.17, 15) is 13.2 Å². The van der Waals surface area contributed by atoms with Gasteiger partial charge in [0, 0.05) is 5.56 Å². The van der Waals surface area contributed by atoms with E-state index >= 15 is 0 Å². The van der Waals surface area contributed by atoms with Crippen LogP contribution in [0.1, 0.15) is 5.56 Å². The zero-order valence-corrected chi connectivity index (χ0v) is 9.94. The van der Waals surface area contributed by atoms with Crippen LogP contribution in [0.25, 0.3) is 22.4 Å². The lowest BCUT2D eigenvalue weighted by atomic mass is 10.0. The maximum Gasteiger partial charge on any atom is 0.417 e. The van der Waals surface area contributed by atoms with Crippen molar-refractivity contribution in [2.45, 2.75) is 6.18 Å². The summed E-state index contributed by atoms with van der Waals surface area (Å²) in [6, 6.07) is 5.18. The Kier molecular flexibility index (Phi) is 2.60. The van der Waals surface area contributed by atoms with Gasteiger partial charge in [-0.1, -0.05) is 18.2 Å². The molecule has 5 nitrogen and oxygen atoms in total. The monoisotopic (exact) mass is 279 g/mol. The normalized spacial score (nSPS) is 11.9. The van der Waals surface area contributed by atoms with Gasteiger partial charge in [-0.15, -0.1) is 0 Å². The molecule has 0 amide bonds. The van der Waals surface area contributed by atoms with Gasteiger partial charge in [-0.25, -0.2) is 9.97 Å². The number of nitrogen functional groups attached to an aromatic ring is 1. The molecule has 3 rings (SSSR count). The molecule has 3 aromatic rings. The molecule has 3 N–H and O–H groups in total.